The molecule has 0 saturated heterocycles. The minimum absolute atomic E-state index is 0.0737. The number of nitro benzene ring substituents is 1. The van der Waals surface area contributed by atoms with E-state index in [0.717, 1.165) is 23.4 Å². The number of hydrogen-bond donors (Lipinski definition) is 0. The molecule has 0 spiro atoms. The topological polar surface area (TPSA) is 64.7 Å². The molecule has 21 heavy (non-hydrogen) atoms. The summed E-state index contributed by atoms with van der Waals surface area (Å²) in [5, 5.41) is 10.6. The van der Waals surface area contributed by atoms with Gasteiger partial charge in [0, 0.05) is 18.3 Å². The Balaban J connectivity index is 2.01. The van der Waals surface area contributed by atoms with Crippen LogP contribution in [-0.4, -0.2) is 17.7 Å². The van der Waals surface area contributed by atoms with Crippen molar-refractivity contribution in [2.75, 3.05) is 6.61 Å². The van der Waals surface area contributed by atoms with Gasteiger partial charge in [0.25, 0.3) is 5.69 Å². The predicted molar refractivity (Wildman–Crippen MR) is 82.6 cm³/mol. The number of rotatable bonds is 6. The highest BCUT2D eigenvalue weighted by molar-refractivity contribution is 5.82. The fraction of sp³-hybridized carbons (Fsp3) is 0.188. The van der Waals surface area contributed by atoms with Crippen LogP contribution < -0.4 is 4.74 Å². The summed E-state index contributed by atoms with van der Waals surface area (Å²) in [7, 11) is 0. The molecule has 0 aromatic heterocycles. The smallest absolute Gasteiger partial charge is 0.269 e. The van der Waals surface area contributed by atoms with Crippen LogP contribution in [0.3, 0.4) is 0 Å². The molecule has 0 radical (unpaired) electrons. The Morgan fingerprint density at radius 1 is 1.14 bits per heavy atom. The van der Waals surface area contributed by atoms with Crippen molar-refractivity contribution < 1.29 is 9.66 Å². The van der Waals surface area contributed by atoms with Gasteiger partial charge in [0.15, 0.2) is 0 Å². The summed E-state index contributed by atoms with van der Waals surface area (Å²) in [6.45, 7) is 2.76. The Kier molecular flexibility index (Phi) is 5.04. The molecule has 0 saturated carbocycles. The molecule has 5 heteroatoms. The first-order valence-corrected chi connectivity index (χ1v) is 6.70. The average molecular weight is 284 g/mol. The van der Waals surface area contributed by atoms with Gasteiger partial charge in [-0.25, -0.2) is 0 Å². The number of benzene rings is 2. The molecular formula is C16H16N2O3. The van der Waals surface area contributed by atoms with Crippen molar-refractivity contribution in [1.29, 1.82) is 0 Å². The minimum Gasteiger partial charge on any atom is -0.494 e. The van der Waals surface area contributed by atoms with Gasteiger partial charge >= 0.3 is 0 Å². The third kappa shape index (κ3) is 4.42. The maximum atomic E-state index is 10.6. The van der Waals surface area contributed by atoms with E-state index in [4.69, 9.17) is 4.74 Å². The van der Waals surface area contributed by atoms with Crippen molar-refractivity contribution >= 4 is 17.6 Å². The fourth-order valence-corrected chi connectivity index (χ4v) is 1.68. The monoisotopic (exact) mass is 284 g/mol. The van der Waals surface area contributed by atoms with Gasteiger partial charge in [-0.2, -0.15) is 0 Å². The SMILES string of the molecule is CCCOc1ccc(N=Cc2ccc([N+](=O)[O-])cc2)cc1. The van der Waals surface area contributed by atoms with Crippen LogP contribution in [0.25, 0.3) is 0 Å². The molecule has 0 aliphatic rings. The second-order valence-corrected chi connectivity index (χ2v) is 4.45. The maximum absolute atomic E-state index is 10.6. The predicted octanol–water partition coefficient (Wildman–Crippen LogP) is 4.13. The first-order valence-electron chi connectivity index (χ1n) is 6.70. The molecule has 0 aliphatic carbocycles. The third-order valence-corrected chi connectivity index (χ3v) is 2.78. The number of ether oxygens (including phenoxy) is 1. The minimum atomic E-state index is -0.421. The Labute approximate surface area is 123 Å². The highest BCUT2D eigenvalue weighted by Crippen LogP contribution is 2.18. The summed E-state index contributed by atoms with van der Waals surface area (Å²) >= 11 is 0. The molecule has 2 rings (SSSR count). The number of nitrogens with zero attached hydrogens (tertiary/aromatic N) is 2. The van der Waals surface area contributed by atoms with Crippen LogP contribution in [0.5, 0.6) is 5.75 Å². The number of aliphatic imine (C=N–C) groups is 1. The Hall–Kier alpha value is -2.69. The van der Waals surface area contributed by atoms with Crippen molar-refractivity contribution in [1.82, 2.24) is 0 Å². The highest BCUT2D eigenvalue weighted by Gasteiger charge is 2.02. The standard InChI is InChI=1S/C16H16N2O3/c1-2-11-21-16-9-5-14(6-10-16)17-12-13-3-7-15(8-4-13)18(19)20/h3-10,12H,2,11H2,1H3. The van der Waals surface area contributed by atoms with Crippen molar-refractivity contribution in [3.63, 3.8) is 0 Å². The van der Waals surface area contributed by atoms with Crippen molar-refractivity contribution in [2.45, 2.75) is 13.3 Å². The van der Waals surface area contributed by atoms with Crippen LogP contribution in [0.15, 0.2) is 53.5 Å². The van der Waals surface area contributed by atoms with E-state index in [2.05, 4.69) is 11.9 Å². The number of non-ortho nitro benzene ring substituents is 1. The van der Waals surface area contributed by atoms with Gasteiger partial charge in [0.1, 0.15) is 5.75 Å². The first-order chi connectivity index (χ1) is 10.2. The lowest BCUT2D eigenvalue weighted by atomic mass is 10.2. The lowest BCUT2D eigenvalue weighted by molar-refractivity contribution is -0.384. The Morgan fingerprint density at radius 2 is 1.81 bits per heavy atom. The molecule has 0 N–H and O–H groups in total. The normalized spacial score (nSPS) is 10.7. The summed E-state index contributed by atoms with van der Waals surface area (Å²) in [4.78, 5) is 14.5. The fourth-order valence-electron chi connectivity index (χ4n) is 1.68. The van der Waals surface area contributed by atoms with Gasteiger partial charge < -0.3 is 4.74 Å². The first kappa shape index (κ1) is 14.7. The van der Waals surface area contributed by atoms with Gasteiger partial charge in [-0.3, -0.25) is 15.1 Å². The summed E-state index contributed by atoms with van der Waals surface area (Å²) in [6.07, 6.45) is 2.64. The molecule has 0 amide bonds. The molecular weight excluding hydrogens is 268 g/mol. The van der Waals surface area contributed by atoms with Gasteiger partial charge in [0.2, 0.25) is 0 Å². The molecule has 0 unspecified atom stereocenters. The highest BCUT2D eigenvalue weighted by atomic mass is 16.6. The van der Waals surface area contributed by atoms with Gasteiger partial charge in [0.05, 0.1) is 17.2 Å². The van der Waals surface area contributed by atoms with Crippen molar-refractivity contribution in [2.24, 2.45) is 4.99 Å². The largest absolute Gasteiger partial charge is 0.494 e. The van der Waals surface area contributed by atoms with Gasteiger partial charge in [-0.15, -0.1) is 0 Å². The van der Waals surface area contributed by atoms with E-state index < -0.39 is 4.92 Å². The van der Waals surface area contributed by atoms with Crippen LogP contribution >= 0.6 is 0 Å². The molecule has 0 atom stereocenters. The van der Waals surface area contributed by atoms with E-state index in [0.29, 0.717) is 6.61 Å². The molecule has 5 nitrogen and oxygen atoms in total. The van der Waals surface area contributed by atoms with E-state index in [1.54, 1.807) is 18.3 Å². The zero-order chi connectivity index (χ0) is 15.1. The summed E-state index contributed by atoms with van der Waals surface area (Å²) in [5.41, 5.74) is 1.69. The second-order valence-electron chi connectivity index (χ2n) is 4.45. The van der Waals surface area contributed by atoms with Crippen molar-refractivity contribution in [3.05, 3.63) is 64.2 Å². The van der Waals surface area contributed by atoms with Gasteiger partial charge in [-0.1, -0.05) is 6.92 Å². The molecule has 0 aliphatic heterocycles. The molecule has 0 bridgehead atoms. The number of hydrogen-bond acceptors (Lipinski definition) is 4. The lowest BCUT2D eigenvalue weighted by Gasteiger charge is -2.03. The molecule has 0 heterocycles. The summed E-state index contributed by atoms with van der Waals surface area (Å²) in [5.74, 6) is 0.825. The van der Waals surface area contributed by atoms with E-state index >= 15 is 0 Å². The third-order valence-electron chi connectivity index (χ3n) is 2.78. The molecule has 2 aromatic carbocycles. The van der Waals surface area contributed by atoms with Crippen LogP contribution in [0.4, 0.5) is 11.4 Å². The molecule has 0 fully saturated rings. The van der Waals surface area contributed by atoms with E-state index in [1.807, 2.05) is 24.3 Å². The van der Waals surface area contributed by atoms with Crippen LogP contribution in [0.1, 0.15) is 18.9 Å². The Bertz CT molecular complexity index is 619. The average Bonchev–Trinajstić information content (AvgIpc) is 2.52. The second kappa shape index (κ2) is 7.19. The molecule has 2 aromatic rings. The summed E-state index contributed by atoms with van der Waals surface area (Å²) < 4.78 is 5.49. The van der Waals surface area contributed by atoms with Crippen LogP contribution in [0.2, 0.25) is 0 Å². The van der Waals surface area contributed by atoms with Crippen molar-refractivity contribution in [3.8, 4) is 5.75 Å². The summed E-state index contributed by atoms with van der Waals surface area (Å²) in [6, 6.07) is 13.7. The van der Waals surface area contributed by atoms with Crippen LogP contribution in [0, 0.1) is 10.1 Å². The van der Waals surface area contributed by atoms with E-state index in [9.17, 15) is 10.1 Å². The van der Waals surface area contributed by atoms with E-state index in [-0.39, 0.29) is 5.69 Å². The zero-order valence-corrected chi connectivity index (χ0v) is 11.7. The maximum Gasteiger partial charge on any atom is 0.269 e. The zero-order valence-electron chi connectivity index (χ0n) is 11.7. The van der Waals surface area contributed by atoms with E-state index in [1.165, 1.54) is 12.1 Å². The number of nitro groups is 1. The quantitative estimate of drug-likeness (QED) is 0.455. The Morgan fingerprint density at radius 3 is 2.38 bits per heavy atom. The van der Waals surface area contributed by atoms with Gasteiger partial charge in [-0.05, 0) is 48.4 Å². The lowest BCUT2D eigenvalue weighted by Crippen LogP contribution is -1.93. The van der Waals surface area contributed by atoms with Crippen LogP contribution in [-0.2, 0) is 0 Å². The molecule has 108 valence electrons.